The number of carboxylic acids is 1. The number of aliphatic hydroxyl groups excluding tert-OH is 1. The number of piperidine rings is 1. The second kappa shape index (κ2) is 5.12. The fourth-order valence-corrected chi connectivity index (χ4v) is 4.12. The predicted molar refractivity (Wildman–Crippen MR) is 63.0 cm³/mol. The van der Waals surface area contributed by atoms with Crippen LogP contribution >= 0.6 is 0 Å². The van der Waals surface area contributed by atoms with Crippen molar-refractivity contribution in [2.24, 2.45) is 11.8 Å². The molecule has 2 fully saturated rings. The highest BCUT2D eigenvalue weighted by molar-refractivity contribution is 7.86. The summed E-state index contributed by atoms with van der Waals surface area (Å²) in [6, 6.07) is 0. The van der Waals surface area contributed by atoms with Gasteiger partial charge in [0.15, 0.2) is 0 Å². The highest BCUT2D eigenvalue weighted by atomic mass is 32.2. The molecule has 0 bridgehead atoms. The lowest BCUT2D eigenvalue weighted by Crippen LogP contribution is -2.57. The SMILES string of the molecule is O=C(O)C1CCN(S(=O)(=O)N2CC(CO)C2)CC1. The van der Waals surface area contributed by atoms with Gasteiger partial charge >= 0.3 is 5.97 Å². The average Bonchev–Trinajstić information content (AvgIpc) is 2.27. The van der Waals surface area contributed by atoms with Crippen molar-refractivity contribution in [3.8, 4) is 0 Å². The van der Waals surface area contributed by atoms with Gasteiger partial charge in [0, 0.05) is 38.7 Å². The summed E-state index contributed by atoms with van der Waals surface area (Å²) in [4.78, 5) is 10.8. The molecular weight excluding hydrogens is 260 g/mol. The van der Waals surface area contributed by atoms with E-state index in [2.05, 4.69) is 0 Å². The number of rotatable bonds is 4. The Hall–Kier alpha value is -0.700. The average molecular weight is 278 g/mol. The quantitative estimate of drug-likeness (QED) is 0.684. The highest BCUT2D eigenvalue weighted by Crippen LogP contribution is 2.26. The lowest BCUT2D eigenvalue weighted by Gasteiger charge is -2.41. The monoisotopic (exact) mass is 278 g/mol. The zero-order valence-electron chi connectivity index (χ0n) is 10.0. The summed E-state index contributed by atoms with van der Waals surface area (Å²) < 4.78 is 26.9. The Morgan fingerprint density at radius 1 is 1.17 bits per heavy atom. The first-order chi connectivity index (χ1) is 8.45. The van der Waals surface area contributed by atoms with Crippen molar-refractivity contribution in [1.82, 2.24) is 8.61 Å². The van der Waals surface area contributed by atoms with E-state index in [9.17, 15) is 13.2 Å². The van der Waals surface area contributed by atoms with Crippen LogP contribution in [-0.4, -0.2) is 66.0 Å². The number of aliphatic carboxylic acids is 1. The van der Waals surface area contributed by atoms with Crippen LogP contribution in [0.15, 0.2) is 0 Å². The fourth-order valence-electron chi connectivity index (χ4n) is 2.32. The third-order valence-corrected chi connectivity index (χ3v) is 5.61. The first-order valence-corrected chi connectivity index (χ1v) is 7.43. The van der Waals surface area contributed by atoms with Gasteiger partial charge in [-0.05, 0) is 12.8 Å². The standard InChI is InChI=1S/C10H18N2O5S/c13-7-8-5-12(6-8)18(16,17)11-3-1-9(2-4-11)10(14)15/h8-9,13H,1-7H2,(H,14,15). The van der Waals surface area contributed by atoms with Gasteiger partial charge in [-0.2, -0.15) is 17.0 Å². The normalized spacial score (nSPS) is 24.9. The van der Waals surface area contributed by atoms with E-state index in [-0.39, 0.29) is 25.6 Å². The van der Waals surface area contributed by atoms with Gasteiger partial charge in [0.05, 0.1) is 5.92 Å². The molecule has 0 aromatic carbocycles. The molecular formula is C10H18N2O5S. The zero-order valence-corrected chi connectivity index (χ0v) is 10.8. The van der Waals surface area contributed by atoms with Gasteiger partial charge in [-0.25, -0.2) is 0 Å². The maximum Gasteiger partial charge on any atom is 0.306 e. The molecule has 2 aliphatic rings. The van der Waals surface area contributed by atoms with Crippen molar-refractivity contribution in [3.63, 3.8) is 0 Å². The smallest absolute Gasteiger partial charge is 0.306 e. The van der Waals surface area contributed by atoms with Crippen molar-refractivity contribution in [3.05, 3.63) is 0 Å². The van der Waals surface area contributed by atoms with E-state index < -0.39 is 22.1 Å². The van der Waals surface area contributed by atoms with Gasteiger partial charge in [0.2, 0.25) is 0 Å². The summed E-state index contributed by atoms with van der Waals surface area (Å²) in [6.07, 6.45) is 0.734. The first-order valence-electron chi connectivity index (χ1n) is 6.04. The summed E-state index contributed by atoms with van der Waals surface area (Å²) in [5.41, 5.74) is 0. The van der Waals surface area contributed by atoms with Crippen molar-refractivity contribution in [1.29, 1.82) is 0 Å². The van der Waals surface area contributed by atoms with E-state index in [1.165, 1.54) is 8.61 Å². The van der Waals surface area contributed by atoms with Crippen LogP contribution in [0.2, 0.25) is 0 Å². The molecule has 0 spiro atoms. The van der Waals surface area contributed by atoms with E-state index >= 15 is 0 Å². The highest BCUT2D eigenvalue weighted by Gasteiger charge is 2.40. The Kier molecular flexibility index (Phi) is 3.90. The van der Waals surface area contributed by atoms with Gasteiger partial charge in [0.25, 0.3) is 10.2 Å². The molecule has 0 radical (unpaired) electrons. The maximum atomic E-state index is 12.1. The van der Waals surface area contributed by atoms with Gasteiger partial charge in [-0.15, -0.1) is 0 Å². The summed E-state index contributed by atoms with van der Waals surface area (Å²) in [6.45, 7) is 1.25. The van der Waals surface area contributed by atoms with Gasteiger partial charge in [0.1, 0.15) is 0 Å². The van der Waals surface area contributed by atoms with Crippen molar-refractivity contribution in [2.75, 3.05) is 32.8 Å². The van der Waals surface area contributed by atoms with Gasteiger partial charge < -0.3 is 10.2 Å². The molecule has 2 rings (SSSR count). The van der Waals surface area contributed by atoms with Crippen LogP contribution in [-0.2, 0) is 15.0 Å². The van der Waals surface area contributed by atoms with Crippen LogP contribution in [0.1, 0.15) is 12.8 Å². The number of hydrogen-bond acceptors (Lipinski definition) is 4. The molecule has 104 valence electrons. The molecule has 2 N–H and O–H groups in total. The summed E-state index contributed by atoms with van der Waals surface area (Å²) in [5, 5.41) is 17.7. The molecule has 0 atom stereocenters. The molecule has 2 saturated heterocycles. The molecule has 0 unspecified atom stereocenters. The maximum absolute atomic E-state index is 12.1. The Morgan fingerprint density at radius 2 is 1.72 bits per heavy atom. The molecule has 2 aliphatic heterocycles. The third kappa shape index (κ3) is 2.51. The molecule has 0 aromatic rings. The Morgan fingerprint density at radius 3 is 2.17 bits per heavy atom. The van der Waals surface area contributed by atoms with Gasteiger partial charge in [-0.1, -0.05) is 0 Å². The van der Waals surface area contributed by atoms with Crippen molar-refractivity contribution < 1.29 is 23.4 Å². The van der Waals surface area contributed by atoms with Crippen LogP contribution < -0.4 is 0 Å². The zero-order chi connectivity index (χ0) is 13.3. The van der Waals surface area contributed by atoms with Crippen LogP contribution in [0, 0.1) is 11.8 Å². The Balaban J connectivity index is 1.91. The van der Waals surface area contributed by atoms with E-state index in [4.69, 9.17) is 10.2 Å². The van der Waals surface area contributed by atoms with E-state index in [1.807, 2.05) is 0 Å². The van der Waals surface area contributed by atoms with Crippen LogP contribution in [0.5, 0.6) is 0 Å². The largest absolute Gasteiger partial charge is 0.481 e. The Bertz CT molecular complexity index is 410. The number of aliphatic hydroxyl groups is 1. The van der Waals surface area contributed by atoms with Crippen LogP contribution in [0.25, 0.3) is 0 Å². The third-order valence-electron chi connectivity index (χ3n) is 3.64. The summed E-state index contributed by atoms with van der Waals surface area (Å²) in [5.74, 6) is -1.24. The van der Waals surface area contributed by atoms with Gasteiger partial charge in [-0.3, -0.25) is 4.79 Å². The topological polar surface area (TPSA) is 98.2 Å². The molecule has 7 nitrogen and oxygen atoms in total. The molecule has 0 amide bonds. The number of nitrogens with zero attached hydrogens (tertiary/aromatic N) is 2. The molecule has 18 heavy (non-hydrogen) atoms. The first kappa shape index (κ1) is 13.7. The van der Waals surface area contributed by atoms with Crippen molar-refractivity contribution >= 4 is 16.2 Å². The fraction of sp³-hybridized carbons (Fsp3) is 0.900. The number of carboxylic acid groups (broad SMARTS) is 1. The second-order valence-electron chi connectivity index (χ2n) is 4.88. The lowest BCUT2D eigenvalue weighted by atomic mass is 9.99. The minimum Gasteiger partial charge on any atom is -0.481 e. The molecule has 2 heterocycles. The molecule has 0 aliphatic carbocycles. The Labute approximate surface area is 106 Å². The van der Waals surface area contributed by atoms with E-state index in [0.29, 0.717) is 25.9 Å². The second-order valence-corrected chi connectivity index (χ2v) is 6.81. The van der Waals surface area contributed by atoms with E-state index in [0.717, 1.165) is 0 Å². The number of hydrogen-bond donors (Lipinski definition) is 2. The van der Waals surface area contributed by atoms with E-state index in [1.54, 1.807) is 0 Å². The molecule has 8 heteroatoms. The minimum atomic E-state index is -3.45. The van der Waals surface area contributed by atoms with Crippen LogP contribution in [0.3, 0.4) is 0 Å². The molecule has 0 saturated carbocycles. The predicted octanol–water partition coefficient (Wildman–Crippen LogP) is -1.05. The van der Waals surface area contributed by atoms with Crippen molar-refractivity contribution in [2.45, 2.75) is 12.8 Å². The van der Waals surface area contributed by atoms with Crippen LogP contribution in [0.4, 0.5) is 0 Å². The molecule has 0 aromatic heterocycles. The lowest BCUT2D eigenvalue weighted by molar-refractivity contribution is -0.142. The summed E-state index contributed by atoms with van der Waals surface area (Å²) >= 11 is 0. The minimum absolute atomic E-state index is 0.00705. The summed E-state index contributed by atoms with van der Waals surface area (Å²) in [7, 11) is -3.45. The number of carbonyl (C=O) groups is 1.